The van der Waals surface area contributed by atoms with Gasteiger partial charge in [-0.05, 0) is 38.0 Å². The first-order valence-corrected chi connectivity index (χ1v) is 11.3. The van der Waals surface area contributed by atoms with Crippen LogP contribution in [0.3, 0.4) is 0 Å². The third-order valence-electron chi connectivity index (χ3n) is 6.07. The van der Waals surface area contributed by atoms with E-state index in [1.165, 1.54) is 6.42 Å². The van der Waals surface area contributed by atoms with Gasteiger partial charge in [-0.15, -0.1) is 0 Å². The minimum atomic E-state index is -0.997. The molecule has 0 radical (unpaired) electrons. The van der Waals surface area contributed by atoms with Crippen LogP contribution in [0.25, 0.3) is 0 Å². The van der Waals surface area contributed by atoms with E-state index in [0.717, 1.165) is 42.6 Å². The van der Waals surface area contributed by atoms with Gasteiger partial charge in [-0.3, -0.25) is 9.79 Å². The molecule has 1 fully saturated rings. The van der Waals surface area contributed by atoms with Gasteiger partial charge in [0.05, 0.1) is 23.7 Å². The molecule has 0 spiro atoms. The SMILES string of the molecule is CCOc1ccccc1NC(=O)NC1N=C(C2CCCCC2)c2ccccc2N(C)C1=O. The number of anilines is 2. The van der Waals surface area contributed by atoms with Crippen LogP contribution in [-0.4, -0.2) is 37.5 Å². The topological polar surface area (TPSA) is 83.0 Å². The Morgan fingerprint density at radius 2 is 1.81 bits per heavy atom. The lowest BCUT2D eigenvalue weighted by molar-refractivity contribution is -0.119. The monoisotopic (exact) mass is 434 g/mol. The number of para-hydroxylation sites is 3. The third-order valence-corrected chi connectivity index (χ3v) is 6.07. The molecular weight excluding hydrogens is 404 g/mol. The van der Waals surface area contributed by atoms with Gasteiger partial charge in [0, 0.05) is 18.5 Å². The number of hydrogen-bond acceptors (Lipinski definition) is 4. The molecule has 2 aromatic carbocycles. The highest BCUT2D eigenvalue weighted by Crippen LogP contribution is 2.33. The highest BCUT2D eigenvalue weighted by molar-refractivity contribution is 6.14. The van der Waals surface area contributed by atoms with E-state index >= 15 is 0 Å². The van der Waals surface area contributed by atoms with Crippen molar-refractivity contribution in [1.82, 2.24) is 5.32 Å². The molecule has 7 heteroatoms. The predicted molar refractivity (Wildman–Crippen MR) is 127 cm³/mol. The minimum absolute atomic E-state index is 0.267. The second kappa shape index (κ2) is 9.85. The number of amides is 3. The molecule has 1 atom stereocenters. The van der Waals surface area contributed by atoms with Gasteiger partial charge in [-0.2, -0.15) is 0 Å². The summed E-state index contributed by atoms with van der Waals surface area (Å²) < 4.78 is 5.58. The molecule has 0 bridgehead atoms. The highest BCUT2D eigenvalue weighted by Gasteiger charge is 2.33. The number of nitrogens with one attached hydrogen (secondary N) is 2. The van der Waals surface area contributed by atoms with Crippen molar-refractivity contribution in [2.24, 2.45) is 10.9 Å². The van der Waals surface area contributed by atoms with E-state index in [4.69, 9.17) is 9.73 Å². The second-order valence-electron chi connectivity index (χ2n) is 8.19. The largest absolute Gasteiger partial charge is 0.492 e. The Kier molecular flexibility index (Phi) is 6.73. The zero-order valence-electron chi connectivity index (χ0n) is 18.6. The summed E-state index contributed by atoms with van der Waals surface area (Å²) in [6.07, 6.45) is 4.64. The van der Waals surface area contributed by atoms with Crippen molar-refractivity contribution in [3.63, 3.8) is 0 Å². The summed E-state index contributed by atoms with van der Waals surface area (Å²) in [5.41, 5.74) is 3.26. The number of benzene rings is 2. The molecule has 1 aliphatic heterocycles. The van der Waals surface area contributed by atoms with E-state index in [0.29, 0.717) is 18.0 Å². The summed E-state index contributed by atoms with van der Waals surface area (Å²) in [5, 5.41) is 5.58. The maximum absolute atomic E-state index is 13.2. The molecule has 2 aromatic rings. The number of carbonyl (C=O) groups excluding carboxylic acids is 2. The van der Waals surface area contributed by atoms with Crippen molar-refractivity contribution >= 4 is 29.0 Å². The molecule has 32 heavy (non-hydrogen) atoms. The Morgan fingerprint density at radius 1 is 1.09 bits per heavy atom. The smallest absolute Gasteiger partial charge is 0.321 e. The summed E-state index contributed by atoms with van der Waals surface area (Å²) in [6, 6.07) is 14.6. The molecule has 1 saturated carbocycles. The zero-order chi connectivity index (χ0) is 22.5. The average Bonchev–Trinajstić information content (AvgIpc) is 2.92. The first kappa shape index (κ1) is 21.9. The van der Waals surface area contributed by atoms with E-state index in [1.54, 1.807) is 24.1 Å². The van der Waals surface area contributed by atoms with Crippen LogP contribution >= 0.6 is 0 Å². The molecule has 7 nitrogen and oxygen atoms in total. The first-order chi connectivity index (χ1) is 15.6. The summed E-state index contributed by atoms with van der Waals surface area (Å²) in [5.74, 6) is 0.597. The molecule has 3 amide bonds. The number of ether oxygens (including phenoxy) is 1. The van der Waals surface area contributed by atoms with Crippen molar-refractivity contribution in [2.45, 2.75) is 45.2 Å². The van der Waals surface area contributed by atoms with Gasteiger partial charge in [-0.25, -0.2) is 4.79 Å². The molecule has 168 valence electrons. The Labute approximate surface area is 188 Å². The quantitative estimate of drug-likeness (QED) is 0.723. The number of nitrogens with zero attached hydrogens (tertiary/aromatic N) is 2. The Hall–Kier alpha value is -3.35. The number of likely N-dealkylation sites (N-methyl/N-ethyl adjacent to an activating group) is 1. The fourth-order valence-corrected chi connectivity index (χ4v) is 4.48. The van der Waals surface area contributed by atoms with Crippen LogP contribution in [-0.2, 0) is 4.79 Å². The van der Waals surface area contributed by atoms with Crippen LogP contribution in [0, 0.1) is 5.92 Å². The van der Waals surface area contributed by atoms with Crippen molar-refractivity contribution in [3.8, 4) is 5.75 Å². The number of hydrogen-bond donors (Lipinski definition) is 2. The molecule has 1 heterocycles. The van der Waals surface area contributed by atoms with Crippen molar-refractivity contribution < 1.29 is 14.3 Å². The van der Waals surface area contributed by atoms with Crippen LogP contribution in [0.5, 0.6) is 5.75 Å². The molecular formula is C25H30N4O3. The predicted octanol–water partition coefficient (Wildman–Crippen LogP) is 4.58. The zero-order valence-corrected chi connectivity index (χ0v) is 18.6. The van der Waals surface area contributed by atoms with Gasteiger partial charge in [-0.1, -0.05) is 49.6 Å². The molecule has 4 rings (SSSR count). The van der Waals surface area contributed by atoms with Gasteiger partial charge in [0.2, 0.25) is 6.17 Å². The number of aliphatic imine (C=N–C) groups is 1. The lowest BCUT2D eigenvalue weighted by Crippen LogP contribution is -2.47. The molecule has 2 N–H and O–H groups in total. The molecule has 0 saturated heterocycles. The molecule has 1 aliphatic carbocycles. The van der Waals surface area contributed by atoms with Gasteiger partial charge in [0.1, 0.15) is 5.75 Å². The van der Waals surface area contributed by atoms with E-state index in [-0.39, 0.29) is 11.8 Å². The number of urea groups is 1. The standard InChI is InChI=1S/C25H30N4O3/c1-3-32-21-16-10-8-14-19(21)26-25(31)28-23-24(30)29(2)20-15-9-7-13-18(20)22(27-23)17-11-5-4-6-12-17/h7-10,13-17,23H,3-6,11-12H2,1-2H3,(H2,26,28,31). The summed E-state index contributed by atoms with van der Waals surface area (Å²) in [6.45, 7) is 2.37. The van der Waals surface area contributed by atoms with Gasteiger partial charge < -0.3 is 20.3 Å². The van der Waals surface area contributed by atoms with E-state index in [1.807, 2.05) is 43.3 Å². The summed E-state index contributed by atoms with van der Waals surface area (Å²) in [4.78, 5) is 32.5. The maximum Gasteiger partial charge on any atom is 0.321 e. The van der Waals surface area contributed by atoms with Gasteiger partial charge >= 0.3 is 6.03 Å². The summed E-state index contributed by atoms with van der Waals surface area (Å²) >= 11 is 0. The van der Waals surface area contributed by atoms with Gasteiger partial charge in [0.25, 0.3) is 5.91 Å². The molecule has 1 unspecified atom stereocenters. The lowest BCUT2D eigenvalue weighted by atomic mass is 9.83. The summed E-state index contributed by atoms with van der Waals surface area (Å²) in [7, 11) is 1.73. The number of rotatable bonds is 5. The van der Waals surface area contributed by atoms with Crippen LogP contribution in [0.2, 0.25) is 0 Å². The number of carbonyl (C=O) groups is 2. The molecule has 0 aromatic heterocycles. The fraction of sp³-hybridized carbons (Fsp3) is 0.400. The van der Waals surface area contributed by atoms with E-state index in [9.17, 15) is 9.59 Å². The van der Waals surface area contributed by atoms with Crippen LogP contribution in [0.4, 0.5) is 16.2 Å². The third kappa shape index (κ3) is 4.61. The minimum Gasteiger partial charge on any atom is -0.492 e. The Morgan fingerprint density at radius 3 is 2.59 bits per heavy atom. The number of fused-ring (bicyclic) bond motifs is 1. The fourth-order valence-electron chi connectivity index (χ4n) is 4.48. The van der Waals surface area contributed by atoms with Crippen LogP contribution in [0.15, 0.2) is 53.5 Å². The van der Waals surface area contributed by atoms with Crippen molar-refractivity contribution in [3.05, 3.63) is 54.1 Å². The van der Waals surface area contributed by atoms with E-state index in [2.05, 4.69) is 10.6 Å². The van der Waals surface area contributed by atoms with Gasteiger partial charge in [0.15, 0.2) is 0 Å². The second-order valence-corrected chi connectivity index (χ2v) is 8.19. The lowest BCUT2D eigenvalue weighted by Gasteiger charge is -2.25. The molecule has 2 aliphatic rings. The average molecular weight is 435 g/mol. The first-order valence-electron chi connectivity index (χ1n) is 11.3. The Bertz CT molecular complexity index is 1010. The normalized spacial score (nSPS) is 18.9. The Balaban J connectivity index is 1.61. The van der Waals surface area contributed by atoms with Crippen molar-refractivity contribution in [2.75, 3.05) is 23.9 Å². The van der Waals surface area contributed by atoms with Crippen LogP contribution < -0.4 is 20.3 Å². The maximum atomic E-state index is 13.2. The van der Waals surface area contributed by atoms with Crippen LogP contribution in [0.1, 0.15) is 44.6 Å². The van der Waals surface area contributed by atoms with E-state index < -0.39 is 12.2 Å². The number of benzodiazepines with no additional fused rings is 1. The highest BCUT2D eigenvalue weighted by atomic mass is 16.5. The van der Waals surface area contributed by atoms with Crippen molar-refractivity contribution in [1.29, 1.82) is 0 Å².